The molecule has 0 aliphatic heterocycles. The number of rotatable bonds is 28. The summed E-state index contributed by atoms with van der Waals surface area (Å²) < 4.78 is 18.1. The molecule has 0 unspecified atom stereocenters. The van der Waals surface area contributed by atoms with Gasteiger partial charge in [-0.2, -0.15) is 0 Å². The second-order valence-corrected chi connectivity index (χ2v) is 17.8. The maximum atomic E-state index is 12.2. The van der Waals surface area contributed by atoms with Crippen LogP contribution in [0.4, 0.5) is 0 Å². The number of aliphatic hydroxyl groups is 2. The average molecular weight is 823 g/mol. The minimum atomic E-state index is -0.589. The molecule has 0 atom stereocenters. The Balaban J connectivity index is 1.64. The molecule has 4 rings (SSSR count). The van der Waals surface area contributed by atoms with Gasteiger partial charge in [-0.15, -0.1) is 0 Å². The van der Waals surface area contributed by atoms with Crippen LogP contribution in [0.1, 0.15) is 153 Å². The van der Waals surface area contributed by atoms with Crippen LogP contribution in [0.3, 0.4) is 0 Å². The first-order valence-corrected chi connectivity index (χ1v) is 23.4. The van der Waals surface area contributed by atoms with E-state index in [0.29, 0.717) is 50.6 Å². The molecule has 0 radical (unpaired) electrons. The Labute approximate surface area is 363 Å². The van der Waals surface area contributed by atoms with Crippen LogP contribution in [0.25, 0.3) is 22.3 Å². The summed E-state index contributed by atoms with van der Waals surface area (Å²) in [7, 11) is 0. The number of aryl methyl sites for hydroxylation is 3. The van der Waals surface area contributed by atoms with E-state index in [-0.39, 0.29) is 25.8 Å². The van der Waals surface area contributed by atoms with Gasteiger partial charge < -0.3 is 24.4 Å². The van der Waals surface area contributed by atoms with E-state index < -0.39 is 5.41 Å². The molecule has 60 heavy (non-hydrogen) atoms. The van der Waals surface area contributed by atoms with Gasteiger partial charge in [0.1, 0.15) is 5.75 Å². The normalized spacial score (nSPS) is 15.5. The third-order valence-electron chi connectivity index (χ3n) is 12.7. The topological polar surface area (TPSA) is 85.2 Å². The Kier molecular flexibility index (Phi) is 21.1. The standard InChI is InChI=1S/C54H78O6/c1-8-11-13-16-42-19-21-44(22-20-42)45-23-25-46(26-24-45)47-27-28-51(43(10-3)34-47)50-35-48(17-14-31-58-37-40(4)5)52(49(36-50)18-15-32-60-53(57)41(6)7)59-33-30-54(38-55,39-56)29-12-9-2/h23-28,34-36,42,44,55-56H,4,6,8-22,29-33,37-39H2,1-3,5,7H3. The molecule has 0 bridgehead atoms. The number of aliphatic hydroxyl groups excluding tert-OH is 2. The monoisotopic (exact) mass is 823 g/mol. The van der Waals surface area contributed by atoms with Crippen molar-refractivity contribution >= 4 is 5.97 Å². The lowest BCUT2D eigenvalue weighted by atomic mass is 9.77. The zero-order chi connectivity index (χ0) is 43.3. The Hall–Kier alpha value is -3.71. The molecule has 1 saturated carbocycles. The summed E-state index contributed by atoms with van der Waals surface area (Å²) in [6.45, 7) is 19.6. The predicted octanol–water partition coefficient (Wildman–Crippen LogP) is 12.9. The first-order chi connectivity index (χ1) is 29.1. The summed E-state index contributed by atoms with van der Waals surface area (Å²) in [5, 5.41) is 20.7. The zero-order valence-electron chi connectivity index (χ0n) is 38.1. The second kappa shape index (κ2) is 25.9. The molecule has 0 amide bonds. The van der Waals surface area contributed by atoms with Gasteiger partial charge in [-0.25, -0.2) is 4.79 Å². The minimum absolute atomic E-state index is 0.0836. The molecule has 6 heteroatoms. The summed E-state index contributed by atoms with van der Waals surface area (Å²) in [5.41, 5.74) is 10.5. The summed E-state index contributed by atoms with van der Waals surface area (Å²) >= 11 is 0. The molecule has 0 heterocycles. The lowest BCUT2D eigenvalue weighted by Crippen LogP contribution is -2.32. The minimum Gasteiger partial charge on any atom is -0.493 e. The fourth-order valence-electron chi connectivity index (χ4n) is 8.80. The van der Waals surface area contributed by atoms with Gasteiger partial charge in [0.05, 0.1) is 33.0 Å². The van der Waals surface area contributed by atoms with E-state index in [1.807, 2.05) is 6.92 Å². The van der Waals surface area contributed by atoms with Crippen molar-refractivity contribution in [2.45, 2.75) is 150 Å². The van der Waals surface area contributed by atoms with Crippen LogP contribution in [0.5, 0.6) is 5.75 Å². The lowest BCUT2D eigenvalue weighted by Gasteiger charge is -2.30. The maximum absolute atomic E-state index is 12.2. The number of hydrogen-bond donors (Lipinski definition) is 2. The van der Waals surface area contributed by atoms with Gasteiger partial charge >= 0.3 is 5.97 Å². The number of carbonyl (C=O) groups is 1. The number of esters is 1. The predicted molar refractivity (Wildman–Crippen MR) is 250 cm³/mol. The van der Waals surface area contributed by atoms with E-state index in [4.69, 9.17) is 14.2 Å². The van der Waals surface area contributed by atoms with Gasteiger partial charge in [-0.3, -0.25) is 0 Å². The Morgan fingerprint density at radius 3 is 1.95 bits per heavy atom. The van der Waals surface area contributed by atoms with E-state index >= 15 is 0 Å². The highest BCUT2D eigenvalue weighted by molar-refractivity contribution is 5.86. The van der Waals surface area contributed by atoms with Crippen molar-refractivity contribution < 1.29 is 29.2 Å². The quantitative estimate of drug-likeness (QED) is 0.0328. The summed E-state index contributed by atoms with van der Waals surface area (Å²) in [6, 6.07) is 20.8. The van der Waals surface area contributed by atoms with Crippen LogP contribution in [0.2, 0.25) is 0 Å². The molecule has 6 nitrogen and oxygen atoms in total. The zero-order valence-corrected chi connectivity index (χ0v) is 38.1. The van der Waals surface area contributed by atoms with E-state index in [1.165, 1.54) is 79.2 Å². The van der Waals surface area contributed by atoms with Gasteiger partial charge in [-0.1, -0.05) is 120 Å². The molecule has 0 spiro atoms. The van der Waals surface area contributed by atoms with Crippen LogP contribution in [0, 0.1) is 11.3 Å². The SMILES string of the molecule is C=C(C)COCCCc1cc(-c2ccc(-c3ccc(C4CCC(CCCCC)CC4)cc3)cc2CC)cc(CCCOC(=O)C(=C)C)c1OCCC(CO)(CO)CCCC. The second-order valence-electron chi connectivity index (χ2n) is 17.8. The fraction of sp³-hybridized carbons (Fsp3) is 0.574. The van der Waals surface area contributed by atoms with Gasteiger partial charge in [0, 0.05) is 17.6 Å². The molecular weight excluding hydrogens is 745 g/mol. The van der Waals surface area contributed by atoms with Gasteiger partial charge in [0.15, 0.2) is 0 Å². The molecule has 2 N–H and O–H groups in total. The highest BCUT2D eigenvalue weighted by Gasteiger charge is 2.29. The Morgan fingerprint density at radius 2 is 1.35 bits per heavy atom. The Bertz CT molecular complexity index is 1760. The summed E-state index contributed by atoms with van der Waals surface area (Å²) in [4.78, 5) is 12.2. The number of benzene rings is 3. The first-order valence-electron chi connectivity index (χ1n) is 23.4. The van der Waals surface area contributed by atoms with E-state index in [0.717, 1.165) is 72.5 Å². The molecule has 330 valence electrons. The first kappa shape index (κ1) is 49.0. The van der Waals surface area contributed by atoms with Crippen molar-refractivity contribution in [3.63, 3.8) is 0 Å². The third kappa shape index (κ3) is 15.0. The van der Waals surface area contributed by atoms with E-state index in [9.17, 15) is 15.0 Å². The summed E-state index contributed by atoms with van der Waals surface area (Å²) in [5.74, 6) is 2.05. The fourth-order valence-corrected chi connectivity index (χ4v) is 8.80. The van der Waals surface area contributed by atoms with Crippen LogP contribution in [-0.2, 0) is 33.5 Å². The van der Waals surface area contributed by atoms with Crippen molar-refractivity contribution in [2.75, 3.05) is 39.6 Å². The molecule has 1 aliphatic rings. The molecule has 3 aromatic rings. The highest BCUT2D eigenvalue weighted by atomic mass is 16.5. The maximum Gasteiger partial charge on any atom is 0.333 e. The number of unbranched alkanes of at least 4 members (excludes halogenated alkanes) is 3. The van der Waals surface area contributed by atoms with Crippen LogP contribution in [-0.4, -0.2) is 55.8 Å². The van der Waals surface area contributed by atoms with Gasteiger partial charge in [0.25, 0.3) is 0 Å². The van der Waals surface area contributed by atoms with Crippen molar-refractivity contribution in [3.05, 3.63) is 101 Å². The summed E-state index contributed by atoms with van der Waals surface area (Å²) in [6.07, 6.45) is 17.8. The smallest absolute Gasteiger partial charge is 0.333 e. The van der Waals surface area contributed by atoms with Crippen LogP contribution < -0.4 is 4.74 Å². The van der Waals surface area contributed by atoms with Crippen molar-refractivity contribution in [1.29, 1.82) is 0 Å². The molecule has 1 fully saturated rings. The van der Waals surface area contributed by atoms with E-state index in [1.54, 1.807) is 6.92 Å². The van der Waals surface area contributed by atoms with Gasteiger partial charge in [-0.05, 0) is 153 Å². The van der Waals surface area contributed by atoms with Crippen molar-refractivity contribution in [1.82, 2.24) is 0 Å². The highest BCUT2D eigenvalue weighted by Crippen LogP contribution is 2.40. The number of carbonyl (C=O) groups excluding carboxylic acids is 1. The molecule has 1 aliphatic carbocycles. The van der Waals surface area contributed by atoms with Crippen LogP contribution in [0.15, 0.2) is 78.9 Å². The van der Waals surface area contributed by atoms with Gasteiger partial charge in [0.2, 0.25) is 0 Å². The lowest BCUT2D eigenvalue weighted by molar-refractivity contribution is -0.139. The van der Waals surface area contributed by atoms with Crippen LogP contribution >= 0.6 is 0 Å². The third-order valence-corrected chi connectivity index (χ3v) is 12.7. The largest absolute Gasteiger partial charge is 0.493 e. The van der Waals surface area contributed by atoms with Crippen molar-refractivity contribution in [3.8, 4) is 28.0 Å². The molecule has 3 aromatic carbocycles. The number of hydrogen-bond acceptors (Lipinski definition) is 6. The average Bonchev–Trinajstić information content (AvgIpc) is 3.26. The molecular formula is C54H78O6. The number of ether oxygens (including phenoxy) is 3. The Morgan fingerprint density at radius 1 is 0.717 bits per heavy atom. The molecule has 0 saturated heterocycles. The van der Waals surface area contributed by atoms with E-state index in [2.05, 4.69) is 88.5 Å². The molecule has 0 aromatic heterocycles. The van der Waals surface area contributed by atoms with Crippen molar-refractivity contribution in [2.24, 2.45) is 11.3 Å².